The molecule has 0 bridgehead atoms. The summed E-state index contributed by atoms with van der Waals surface area (Å²) < 4.78 is 22.9. The molecule has 114 valence electrons. The molecular weight excluding hydrogens is 278 g/mol. The zero-order valence-electron chi connectivity index (χ0n) is 12.1. The minimum atomic E-state index is -3.83. The Labute approximate surface area is 120 Å². The highest BCUT2D eigenvalue weighted by molar-refractivity contribution is 7.89. The average molecular weight is 301 g/mol. The van der Waals surface area contributed by atoms with Gasteiger partial charge in [0.25, 0.3) is 0 Å². The first-order valence-electron chi connectivity index (χ1n) is 6.56. The van der Waals surface area contributed by atoms with Crippen LogP contribution in [0.1, 0.15) is 33.6 Å². The lowest BCUT2D eigenvalue weighted by molar-refractivity contribution is 0.0585. The lowest BCUT2D eigenvalue weighted by Gasteiger charge is -2.25. The summed E-state index contributed by atoms with van der Waals surface area (Å²) in [5.74, 6) is 0.663. The summed E-state index contributed by atoms with van der Waals surface area (Å²) in [6.07, 6.45) is 2.98. The van der Waals surface area contributed by atoms with E-state index in [4.69, 9.17) is 5.14 Å². The van der Waals surface area contributed by atoms with Crippen molar-refractivity contribution < 1.29 is 13.5 Å². The third-order valence-electron chi connectivity index (χ3n) is 2.97. The molecular formula is C13H23N3O3S. The second-order valence-electron chi connectivity index (χ2n) is 5.68. The van der Waals surface area contributed by atoms with Gasteiger partial charge in [-0.2, -0.15) is 0 Å². The SMILES string of the molecule is CC(C)CCC(C)(O)CNc1ncccc1S(N)(=O)=O. The first kappa shape index (κ1) is 16.9. The van der Waals surface area contributed by atoms with Crippen LogP contribution < -0.4 is 10.5 Å². The van der Waals surface area contributed by atoms with Crippen molar-refractivity contribution in [3.05, 3.63) is 18.3 Å². The molecule has 0 saturated carbocycles. The summed E-state index contributed by atoms with van der Waals surface area (Å²) in [6.45, 7) is 6.09. The molecule has 0 radical (unpaired) electrons. The minimum absolute atomic E-state index is 0.0698. The van der Waals surface area contributed by atoms with Crippen LogP contribution >= 0.6 is 0 Å². The van der Waals surface area contributed by atoms with Crippen molar-refractivity contribution in [3.63, 3.8) is 0 Å². The maximum absolute atomic E-state index is 11.4. The Morgan fingerprint density at radius 2 is 2.15 bits per heavy atom. The topological polar surface area (TPSA) is 105 Å². The maximum Gasteiger partial charge on any atom is 0.241 e. The first-order chi connectivity index (χ1) is 9.12. The number of hydrogen-bond acceptors (Lipinski definition) is 5. The number of rotatable bonds is 7. The molecule has 1 aromatic heterocycles. The molecule has 0 aliphatic carbocycles. The fourth-order valence-corrected chi connectivity index (χ4v) is 2.38. The predicted octanol–water partition coefficient (Wildman–Crippen LogP) is 1.33. The van der Waals surface area contributed by atoms with Gasteiger partial charge in [0.05, 0.1) is 5.60 Å². The number of anilines is 1. The lowest BCUT2D eigenvalue weighted by atomic mass is 9.95. The maximum atomic E-state index is 11.4. The molecule has 0 amide bonds. The molecule has 1 atom stereocenters. The standard InChI is InChI=1S/C13H23N3O3S/c1-10(2)6-7-13(3,17)9-16-12-11(20(14,18)19)5-4-8-15-12/h4-5,8,10,17H,6-7,9H2,1-3H3,(H,15,16)(H2,14,18,19). The smallest absolute Gasteiger partial charge is 0.241 e. The van der Waals surface area contributed by atoms with Gasteiger partial charge in [0.15, 0.2) is 0 Å². The first-order valence-corrected chi connectivity index (χ1v) is 8.10. The molecule has 6 nitrogen and oxygen atoms in total. The number of nitrogens with one attached hydrogen (secondary N) is 1. The lowest BCUT2D eigenvalue weighted by Crippen LogP contribution is -2.34. The number of aliphatic hydroxyl groups is 1. The van der Waals surface area contributed by atoms with Crippen LogP contribution in [-0.2, 0) is 10.0 Å². The Bertz CT molecular complexity index is 542. The monoisotopic (exact) mass is 301 g/mol. The summed E-state index contributed by atoms with van der Waals surface area (Å²) in [6, 6.07) is 2.88. The van der Waals surface area contributed by atoms with Crippen molar-refractivity contribution in [2.75, 3.05) is 11.9 Å². The summed E-state index contributed by atoms with van der Waals surface area (Å²) in [5, 5.41) is 18.2. The van der Waals surface area contributed by atoms with E-state index in [1.54, 1.807) is 6.92 Å². The minimum Gasteiger partial charge on any atom is -0.388 e. The molecule has 0 saturated heterocycles. The van der Waals surface area contributed by atoms with Crippen LogP contribution in [0.4, 0.5) is 5.82 Å². The molecule has 0 aliphatic rings. The normalized spacial score (nSPS) is 15.1. The number of primary sulfonamides is 1. The van der Waals surface area contributed by atoms with E-state index in [0.29, 0.717) is 12.3 Å². The van der Waals surface area contributed by atoms with Crippen molar-refractivity contribution in [1.82, 2.24) is 4.98 Å². The Morgan fingerprint density at radius 1 is 1.50 bits per heavy atom. The summed E-state index contributed by atoms with van der Waals surface area (Å²) >= 11 is 0. The summed E-state index contributed by atoms with van der Waals surface area (Å²) in [7, 11) is -3.83. The zero-order chi connectivity index (χ0) is 15.4. The van der Waals surface area contributed by atoms with Gasteiger partial charge in [0.2, 0.25) is 10.0 Å². The van der Waals surface area contributed by atoms with Gasteiger partial charge < -0.3 is 10.4 Å². The fourth-order valence-electron chi connectivity index (χ4n) is 1.72. The molecule has 0 aromatic carbocycles. The van der Waals surface area contributed by atoms with Gasteiger partial charge in [-0.15, -0.1) is 0 Å². The third-order valence-corrected chi connectivity index (χ3v) is 3.92. The number of nitrogens with zero attached hydrogens (tertiary/aromatic N) is 1. The Morgan fingerprint density at radius 3 is 2.70 bits per heavy atom. The Balaban J connectivity index is 2.75. The predicted molar refractivity (Wildman–Crippen MR) is 78.8 cm³/mol. The van der Waals surface area contributed by atoms with Crippen LogP contribution in [0.5, 0.6) is 0 Å². The molecule has 0 aliphatic heterocycles. The Kier molecular flexibility index (Phi) is 5.50. The molecule has 1 rings (SSSR count). The van der Waals surface area contributed by atoms with Gasteiger partial charge in [0.1, 0.15) is 10.7 Å². The van der Waals surface area contributed by atoms with E-state index in [-0.39, 0.29) is 17.3 Å². The van der Waals surface area contributed by atoms with Gasteiger partial charge in [-0.3, -0.25) is 0 Å². The van der Waals surface area contributed by atoms with E-state index < -0.39 is 15.6 Å². The van der Waals surface area contributed by atoms with Crippen molar-refractivity contribution in [2.24, 2.45) is 11.1 Å². The second-order valence-corrected chi connectivity index (χ2v) is 7.21. The number of aromatic nitrogens is 1. The van der Waals surface area contributed by atoms with Crippen LogP contribution in [0.2, 0.25) is 0 Å². The molecule has 7 heteroatoms. The van der Waals surface area contributed by atoms with Gasteiger partial charge in [0, 0.05) is 12.7 Å². The zero-order valence-corrected chi connectivity index (χ0v) is 12.9. The van der Waals surface area contributed by atoms with E-state index in [2.05, 4.69) is 24.1 Å². The van der Waals surface area contributed by atoms with E-state index in [0.717, 1.165) is 6.42 Å². The second kappa shape index (κ2) is 6.51. The number of pyridine rings is 1. The quantitative estimate of drug-likeness (QED) is 0.704. The average Bonchev–Trinajstić information content (AvgIpc) is 2.34. The molecule has 1 heterocycles. The van der Waals surface area contributed by atoms with Gasteiger partial charge >= 0.3 is 0 Å². The molecule has 1 aromatic rings. The number of sulfonamides is 1. The highest BCUT2D eigenvalue weighted by atomic mass is 32.2. The van der Waals surface area contributed by atoms with Crippen LogP contribution in [0.25, 0.3) is 0 Å². The number of hydrogen-bond donors (Lipinski definition) is 3. The third kappa shape index (κ3) is 5.44. The van der Waals surface area contributed by atoms with Crippen LogP contribution in [0, 0.1) is 5.92 Å². The van der Waals surface area contributed by atoms with Gasteiger partial charge in [-0.05, 0) is 37.8 Å². The molecule has 0 spiro atoms. The van der Waals surface area contributed by atoms with Crippen molar-refractivity contribution in [3.8, 4) is 0 Å². The molecule has 4 N–H and O–H groups in total. The van der Waals surface area contributed by atoms with Crippen molar-refractivity contribution in [1.29, 1.82) is 0 Å². The van der Waals surface area contributed by atoms with E-state index in [1.807, 2.05) is 0 Å². The summed E-state index contributed by atoms with van der Waals surface area (Å²) in [5.41, 5.74) is -0.933. The van der Waals surface area contributed by atoms with E-state index in [9.17, 15) is 13.5 Å². The summed E-state index contributed by atoms with van der Waals surface area (Å²) in [4.78, 5) is 3.89. The highest BCUT2D eigenvalue weighted by Gasteiger charge is 2.22. The van der Waals surface area contributed by atoms with Crippen molar-refractivity contribution in [2.45, 2.75) is 44.1 Å². The van der Waals surface area contributed by atoms with E-state index >= 15 is 0 Å². The molecule has 0 fully saturated rings. The van der Waals surface area contributed by atoms with E-state index in [1.165, 1.54) is 18.3 Å². The van der Waals surface area contributed by atoms with Crippen LogP contribution in [0.15, 0.2) is 23.2 Å². The van der Waals surface area contributed by atoms with Gasteiger partial charge in [-0.1, -0.05) is 13.8 Å². The molecule has 20 heavy (non-hydrogen) atoms. The number of nitrogens with two attached hydrogens (primary N) is 1. The van der Waals surface area contributed by atoms with Crippen LogP contribution in [-0.4, -0.2) is 30.7 Å². The van der Waals surface area contributed by atoms with Gasteiger partial charge in [-0.25, -0.2) is 18.5 Å². The van der Waals surface area contributed by atoms with Crippen molar-refractivity contribution >= 4 is 15.8 Å². The molecule has 1 unspecified atom stereocenters. The largest absolute Gasteiger partial charge is 0.388 e. The Hall–Kier alpha value is -1.18. The van der Waals surface area contributed by atoms with Crippen LogP contribution in [0.3, 0.4) is 0 Å². The highest BCUT2D eigenvalue weighted by Crippen LogP contribution is 2.20. The fraction of sp³-hybridized carbons (Fsp3) is 0.615.